The fourth-order valence-corrected chi connectivity index (χ4v) is 3.50. The smallest absolute Gasteiger partial charge is 0.261 e. The van der Waals surface area contributed by atoms with Gasteiger partial charge in [0.1, 0.15) is 5.75 Å². The van der Waals surface area contributed by atoms with E-state index in [1.165, 1.54) is 12.1 Å². The zero-order chi connectivity index (χ0) is 15.0. The molecule has 0 atom stereocenters. The number of halogens is 1. The molecule has 7 heteroatoms. The van der Waals surface area contributed by atoms with Gasteiger partial charge in [-0.1, -0.05) is 11.6 Å². The Morgan fingerprint density at radius 3 is 2.81 bits per heavy atom. The predicted octanol–water partition coefficient (Wildman–Crippen LogP) is 2.66. The number of nitrogens with two attached hydrogens (primary N) is 1. The fourth-order valence-electron chi connectivity index (χ4n) is 2.15. The Hall–Kier alpha value is -1.92. The average Bonchev–Trinajstić information content (AvgIpc) is 2.90. The molecule has 0 spiro atoms. The molecule has 0 aromatic heterocycles. The quantitative estimate of drug-likeness (QED) is 0.850. The van der Waals surface area contributed by atoms with E-state index in [1.54, 1.807) is 24.3 Å². The van der Waals surface area contributed by atoms with Gasteiger partial charge in [0.25, 0.3) is 10.0 Å². The number of hydrogen-bond acceptors (Lipinski definition) is 4. The molecule has 0 unspecified atom stereocenters. The van der Waals surface area contributed by atoms with Crippen LogP contribution in [0.4, 0.5) is 11.4 Å². The molecule has 0 aliphatic carbocycles. The average molecular weight is 325 g/mol. The highest BCUT2D eigenvalue weighted by atomic mass is 35.5. The Balaban J connectivity index is 1.95. The minimum atomic E-state index is -3.72. The van der Waals surface area contributed by atoms with E-state index in [1.807, 2.05) is 0 Å². The molecule has 1 heterocycles. The summed E-state index contributed by atoms with van der Waals surface area (Å²) < 4.78 is 32.6. The second-order valence-corrected chi connectivity index (χ2v) is 6.80. The number of hydrogen-bond donors (Lipinski definition) is 2. The number of nitrogen functional groups attached to an aromatic ring is 1. The summed E-state index contributed by atoms with van der Waals surface area (Å²) in [7, 11) is -3.72. The summed E-state index contributed by atoms with van der Waals surface area (Å²) in [5, 5.41) is 0.289. The first-order valence-corrected chi connectivity index (χ1v) is 8.15. The standard InChI is InChI=1S/C14H13ClN2O3S/c15-12-3-1-10(16)8-13(12)17-21(18,19)11-2-4-14-9(7-11)5-6-20-14/h1-4,7-8,17H,5-6,16H2. The van der Waals surface area contributed by atoms with Crippen LogP contribution >= 0.6 is 11.6 Å². The third kappa shape index (κ3) is 2.77. The molecule has 0 saturated carbocycles. The van der Waals surface area contributed by atoms with Gasteiger partial charge >= 0.3 is 0 Å². The van der Waals surface area contributed by atoms with Crippen LogP contribution in [0.1, 0.15) is 5.56 Å². The van der Waals surface area contributed by atoms with Crippen molar-refractivity contribution in [2.75, 3.05) is 17.1 Å². The van der Waals surface area contributed by atoms with Crippen LogP contribution in [0.2, 0.25) is 5.02 Å². The number of ether oxygens (including phenoxy) is 1. The molecule has 5 nitrogen and oxygen atoms in total. The molecule has 0 radical (unpaired) electrons. The molecule has 0 fully saturated rings. The van der Waals surface area contributed by atoms with E-state index >= 15 is 0 Å². The number of rotatable bonds is 3. The second kappa shape index (κ2) is 5.13. The van der Waals surface area contributed by atoms with Gasteiger partial charge in [0.05, 0.1) is 22.2 Å². The summed E-state index contributed by atoms with van der Waals surface area (Å²) in [4.78, 5) is 0.172. The van der Waals surface area contributed by atoms with Crippen molar-refractivity contribution in [1.29, 1.82) is 0 Å². The summed E-state index contributed by atoms with van der Waals surface area (Å²) in [5.74, 6) is 0.732. The molecule has 110 valence electrons. The zero-order valence-electron chi connectivity index (χ0n) is 11.0. The highest BCUT2D eigenvalue weighted by Crippen LogP contribution is 2.30. The normalized spacial score (nSPS) is 13.6. The van der Waals surface area contributed by atoms with E-state index in [0.29, 0.717) is 18.7 Å². The predicted molar refractivity (Wildman–Crippen MR) is 82.3 cm³/mol. The minimum Gasteiger partial charge on any atom is -0.493 e. The summed E-state index contributed by atoms with van der Waals surface area (Å²) in [6, 6.07) is 9.42. The summed E-state index contributed by atoms with van der Waals surface area (Å²) in [6.45, 7) is 0.577. The number of fused-ring (bicyclic) bond motifs is 1. The molecular formula is C14H13ClN2O3S. The monoisotopic (exact) mass is 324 g/mol. The lowest BCUT2D eigenvalue weighted by Gasteiger charge is -2.11. The van der Waals surface area contributed by atoms with Crippen LogP contribution in [0.5, 0.6) is 5.75 Å². The molecule has 3 N–H and O–H groups in total. The Bertz CT molecular complexity index is 806. The van der Waals surface area contributed by atoms with Crippen LogP contribution in [-0.4, -0.2) is 15.0 Å². The summed E-state index contributed by atoms with van der Waals surface area (Å²) in [5.41, 5.74) is 7.22. The first-order valence-electron chi connectivity index (χ1n) is 6.29. The lowest BCUT2D eigenvalue weighted by Crippen LogP contribution is -2.13. The molecule has 2 aromatic rings. The summed E-state index contributed by atoms with van der Waals surface area (Å²) in [6.07, 6.45) is 0.706. The van der Waals surface area contributed by atoms with Crippen molar-refractivity contribution in [2.45, 2.75) is 11.3 Å². The Morgan fingerprint density at radius 2 is 2.00 bits per heavy atom. The first-order chi connectivity index (χ1) is 9.95. The van der Waals surface area contributed by atoms with Crippen LogP contribution in [-0.2, 0) is 16.4 Å². The molecule has 1 aliphatic heterocycles. The van der Waals surface area contributed by atoms with E-state index in [0.717, 1.165) is 11.3 Å². The van der Waals surface area contributed by atoms with Crippen LogP contribution in [0, 0.1) is 0 Å². The van der Waals surface area contributed by atoms with Crippen LogP contribution in [0.3, 0.4) is 0 Å². The van der Waals surface area contributed by atoms with Crippen molar-refractivity contribution in [1.82, 2.24) is 0 Å². The van der Waals surface area contributed by atoms with Crippen molar-refractivity contribution in [3.63, 3.8) is 0 Å². The number of anilines is 2. The van der Waals surface area contributed by atoms with Crippen LogP contribution in [0.15, 0.2) is 41.3 Å². The van der Waals surface area contributed by atoms with E-state index < -0.39 is 10.0 Å². The molecule has 3 rings (SSSR count). The molecular weight excluding hydrogens is 312 g/mol. The number of benzene rings is 2. The van der Waals surface area contributed by atoms with Gasteiger partial charge in [-0.25, -0.2) is 8.42 Å². The summed E-state index contributed by atoms with van der Waals surface area (Å²) >= 11 is 5.98. The third-order valence-corrected chi connectivity index (χ3v) is 4.90. The van der Waals surface area contributed by atoms with Gasteiger partial charge in [0.15, 0.2) is 0 Å². The Kier molecular flexibility index (Phi) is 3.43. The van der Waals surface area contributed by atoms with Gasteiger partial charge in [0, 0.05) is 12.1 Å². The van der Waals surface area contributed by atoms with E-state index in [9.17, 15) is 8.42 Å². The SMILES string of the molecule is Nc1ccc(Cl)c(NS(=O)(=O)c2ccc3c(c2)CCO3)c1. The van der Waals surface area contributed by atoms with Crippen molar-refractivity contribution < 1.29 is 13.2 Å². The lowest BCUT2D eigenvalue weighted by molar-refractivity contribution is 0.356. The molecule has 1 aliphatic rings. The maximum absolute atomic E-state index is 12.4. The zero-order valence-corrected chi connectivity index (χ0v) is 12.5. The van der Waals surface area contributed by atoms with Crippen molar-refractivity contribution >= 4 is 33.0 Å². The van der Waals surface area contributed by atoms with Gasteiger partial charge in [-0.2, -0.15) is 0 Å². The molecule has 0 saturated heterocycles. The van der Waals surface area contributed by atoms with Crippen molar-refractivity contribution in [2.24, 2.45) is 0 Å². The van der Waals surface area contributed by atoms with Gasteiger partial charge in [-0.3, -0.25) is 4.72 Å². The van der Waals surface area contributed by atoms with Gasteiger partial charge < -0.3 is 10.5 Å². The highest BCUT2D eigenvalue weighted by molar-refractivity contribution is 7.92. The van der Waals surface area contributed by atoms with Crippen molar-refractivity contribution in [3.05, 3.63) is 47.0 Å². The van der Waals surface area contributed by atoms with Crippen LogP contribution < -0.4 is 15.2 Å². The molecule has 21 heavy (non-hydrogen) atoms. The molecule has 0 amide bonds. The first kappa shape index (κ1) is 14.0. The second-order valence-electron chi connectivity index (χ2n) is 4.71. The van der Waals surface area contributed by atoms with Gasteiger partial charge in [0.2, 0.25) is 0 Å². The van der Waals surface area contributed by atoms with E-state index in [4.69, 9.17) is 22.1 Å². The molecule has 0 bridgehead atoms. The van der Waals surface area contributed by atoms with Gasteiger partial charge in [-0.15, -0.1) is 0 Å². The molecule has 2 aromatic carbocycles. The van der Waals surface area contributed by atoms with E-state index in [-0.39, 0.29) is 15.6 Å². The van der Waals surface area contributed by atoms with Crippen molar-refractivity contribution in [3.8, 4) is 5.75 Å². The topological polar surface area (TPSA) is 81.4 Å². The maximum Gasteiger partial charge on any atom is 0.261 e. The fraction of sp³-hybridized carbons (Fsp3) is 0.143. The lowest BCUT2D eigenvalue weighted by atomic mass is 10.2. The Morgan fingerprint density at radius 1 is 1.19 bits per heavy atom. The Labute approximate surface area is 127 Å². The maximum atomic E-state index is 12.4. The highest BCUT2D eigenvalue weighted by Gasteiger charge is 2.20. The number of sulfonamides is 1. The minimum absolute atomic E-state index is 0.172. The van der Waals surface area contributed by atoms with E-state index in [2.05, 4.69) is 4.72 Å². The largest absolute Gasteiger partial charge is 0.493 e. The van der Waals surface area contributed by atoms with Crippen LogP contribution in [0.25, 0.3) is 0 Å². The third-order valence-electron chi connectivity index (χ3n) is 3.21. The van der Waals surface area contributed by atoms with Gasteiger partial charge in [-0.05, 0) is 42.0 Å². The number of nitrogens with one attached hydrogen (secondary N) is 1.